The highest BCUT2D eigenvalue weighted by Crippen LogP contribution is 2.40. The van der Waals surface area contributed by atoms with E-state index in [0.29, 0.717) is 12.2 Å². The summed E-state index contributed by atoms with van der Waals surface area (Å²) >= 11 is 3.42. The van der Waals surface area contributed by atoms with Crippen LogP contribution in [0.4, 0.5) is 5.95 Å². The number of imidazole rings is 1. The lowest BCUT2D eigenvalue weighted by atomic mass is 10.2. The van der Waals surface area contributed by atoms with Crippen LogP contribution in [0.25, 0.3) is 11.2 Å². The molecule has 3 aromatic heterocycles. The summed E-state index contributed by atoms with van der Waals surface area (Å²) in [6.07, 6.45) is 1.58. The molecule has 35 heavy (non-hydrogen) atoms. The summed E-state index contributed by atoms with van der Waals surface area (Å²) in [5, 5.41) is 9.30. The van der Waals surface area contributed by atoms with Crippen LogP contribution in [0.15, 0.2) is 53.5 Å². The van der Waals surface area contributed by atoms with Gasteiger partial charge in [-0.1, -0.05) is 28.1 Å². The fraction of sp³-hybridized carbons (Fsp3) is 0.300. The molecule has 13 nitrogen and oxygen atoms in total. The molecule has 0 saturated carbocycles. The van der Waals surface area contributed by atoms with Gasteiger partial charge in [-0.05, 0) is 17.7 Å². The van der Waals surface area contributed by atoms with E-state index in [1.165, 1.54) is 6.33 Å². The average molecular weight is 570 g/mol. The zero-order chi connectivity index (χ0) is 24.8. The van der Waals surface area contributed by atoms with Crippen molar-refractivity contribution in [3.05, 3.63) is 73.1 Å². The monoisotopic (exact) mass is 569 g/mol. The van der Waals surface area contributed by atoms with Crippen LogP contribution in [0.5, 0.6) is 0 Å². The number of nitrogen functional groups attached to an aromatic ring is 1. The number of hydrogen-bond acceptors (Lipinski definition) is 11. The predicted octanol–water partition coefficient (Wildman–Crippen LogP) is 2.22. The maximum atomic E-state index is 11.9. The van der Waals surface area contributed by atoms with E-state index in [9.17, 15) is 14.7 Å². The summed E-state index contributed by atoms with van der Waals surface area (Å²) in [4.78, 5) is 33.8. The number of aliphatic hydroxyl groups excluding tert-OH is 1. The molecule has 1 unspecified atom stereocenters. The second-order valence-electron chi connectivity index (χ2n) is 7.07. The molecule has 1 atom stereocenters. The minimum absolute atomic E-state index is 0.00353. The van der Waals surface area contributed by atoms with E-state index < -0.39 is 26.4 Å². The van der Waals surface area contributed by atoms with Crippen LogP contribution in [-0.4, -0.2) is 37.6 Å². The highest BCUT2D eigenvalue weighted by molar-refractivity contribution is 9.10. The normalized spacial score (nSPS) is 12.4. The van der Waals surface area contributed by atoms with Crippen molar-refractivity contribution in [1.29, 1.82) is 0 Å². The molecule has 0 aliphatic carbocycles. The minimum atomic E-state index is -1.58. The number of fused-ring (bicyclic) bond motifs is 1. The summed E-state index contributed by atoms with van der Waals surface area (Å²) in [6.45, 7) is 0.206. The molecule has 4 aromatic rings. The van der Waals surface area contributed by atoms with Gasteiger partial charge in [0.2, 0.25) is 5.95 Å². The van der Waals surface area contributed by atoms with Gasteiger partial charge in [0.1, 0.15) is 19.6 Å². The number of aromatic amines is 1. The number of nitrogens with zero attached hydrogens (tertiary/aromatic N) is 3. The van der Waals surface area contributed by atoms with Crippen molar-refractivity contribution in [3.8, 4) is 0 Å². The summed E-state index contributed by atoms with van der Waals surface area (Å²) in [5.41, 5.74) is 6.65. The van der Waals surface area contributed by atoms with Crippen LogP contribution in [-0.2, 0) is 40.1 Å². The van der Waals surface area contributed by atoms with Crippen LogP contribution in [0.3, 0.4) is 0 Å². The van der Waals surface area contributed by atoms with Gasteiger partial charge < -0.3 is 38.0 Å². The summed E-state index contributed by atoms with van der Waals surface area (Å²) < 4.78 is 29.7. The molecule has 186 valence electrons. The molecule has 0 fully saturated rings. The molecule has 0 saturated heterocycles. The van der Waals surface area contributed by atoms with Crippen molar-refractivity contribution in [2.45, 2.75) is 26.4 Å². The molecule has 0 radical (unpaired) electrons. The minimum Gasteiger partial charge on any atom is -0.393 e. The SMILES string of the molecule is Nc1nc2c(ncn2CCOCP(OCc2cccc(Br)c2)OCc2oc(=O)oc2CO)c(=O)[nH]1. The lowest BCUT2D eigenvalue weighted by molar-refractivity contribution is 0.135. The Morgan fingerprint density at radius 3 is 2.80 bits per heavy atom. The van der Waals surface area contributed by atoms with Crippen LogP contribution in [0.2, 0.25) is 0 Å². The molecule has 0 spiro atoms. The maximum Gasteiger partial charge on any atom is 0.519 e. The third-order valence-corrected chi connectivity index (χ3v) is 6.36. The van der Waals surface area contributed by atoms with Gasteiger partial charge in [0.25, 0.3) is 5.56 Å². The number of nitrogens with two attached hydrogens (primary N) is 1. The number of anilines is 1. The first-order valence-electron chi connectivity index (χ1n) is 10.2. The van der Waals surface area contributed by atoms with E-state index in [2.05, 4.69) is 30.9 Å². The van der Waals surface area contributed by atoms with E-state index in [-0.39, 0.29) is 49.2 Å². The number of halogens is 1. The van der Waals surface area contributed by atoms with Crippen LogP contribution >= 0.6 is 24.3 Å². The Morgan fingerprint density at radius 2 is 2.00 bits per heavy atom. The topological polar surface area (TPSA) is 181 Å². The second-order valence-corrected chi connectivity index (χ2v) is 9.42. The average Bonchev–Trinajstić information content (AvgIpc) is 3.40. The lowest BCUT2D eigenvalue weighted by Gasteiger charge is -2.17. The molecule has 4 N–H and O–H groups in total. The van der Waals surface area contributed by atoms with Crippen LogP contribution < -0.4 is 17.1 Å². The van der Waals surface area contributed by atoms with Crippen molar-refractivity contribution < 1.29 is 27.7 Å². The van der Waals surface area contributed by atoms with E-state index in [1.807, 2.05) is 24.3 Å². The first kappa shape index (κ1) is 25.2. The van der Waals surface area contributed by atoms with Gasteiger partial charge in [-0.2, -0.15) is 4.98 Å². The number of hydrogen-bond donors (Lipinski definition) is 3. The molecular formula is C20H21BrN5O8P. The maximum absolute atomic E-state index is 11.9. The fourth-order valence-electron chi connectivity index (χ4n) is 3.02. The predicted molar refractivity (Wildman–Crippen MR) is 127 cm³/mol. The Morgan fingerprint density at radius 1 is 1.20 bits per heavy atom. The Balaban J connectivity index is 1.36. The molecule has 0 amide bonds. The molecule has 0 bridgehead atoms. The standard InChI is InChI=1S/C20H21BrN5O8P/c21-13-3-1-2-12(6-13)8-31-35(32-9-15-14(7-27)33-20(29)34-15)11-30-5-4-26-10-23-16-17(26)24-19(22)25-18(16)28/h1-3,6,10,27H,4-5,7-9,11H2,(H3,22,24,25,28). The Labute approximate surface area is 206 Å². The van der Waals surface area contributed by atoms with Crippen molar-refractivity contribution in [2.75, 3.05) is 18.7 Å². The number of rotatable bonds is 12. The third kappa shape index (κ3) is 6.63. The zero-order valence-electron chi connectivity index (χ0n) is 18.2. The van der Waals surface area contributed by atoms with Crippen molar-refractivity contribution in [3.63, 3.8) is 0 Å². The molecule has 4 rings (SSSR count). The smallest absolute Gasteiger partial charge is 0.393 e. The molecule has 0 aliphatic heterocycles. The van der Waals surface area contributed by atoms with Gasteiger partial charge in [-0.3, -0.25) is 9.78 Å². The number of ether oxygens (including phenoxy) is 1. The van der Waals surface area contributed by atoms with E-state index >= 15 is 0 Å². The number of nitrogens with one attached hydrogen (secondary N) is 1. The lowest BCUT2D eigenvalue weighted by Crippen LogP contribution is -2.13. The van der Waals surface area contributed by atoms with Gasteiger partial charge in [0.15, 0.2) is 31.1 Å². The first-order chi connectivity index (χ1) is 16.9. The highest BCUT2D eigenvalue weighted by Gasteiger charge is 2.18. The van der Waals surface area contributed by atoms with Gasteiger partial charge >= 0.3 is 5.82 Å². The Hall–Kier alpha value is -2.87. The Bertz CT molecular complexity index is 1400. The molecule has 15 heteroatoms. The van der Waals surface area contributed by atoms with Crippen LogP contribution in [0.1, 0.15) is 17.1 Å². The van der Waals surface area contributed by atoms with Crippen LogP contribution in [0, 0.1) is 0 Å². The summed E-state index contributed by atoms with van der Waals surface area (Å²) in [6, 6.07) is 7.61. The number of benzene rings is 1. The van der Waals surface area contributed by atoms with E-state index in [0.717, 1.165) is 10.0 Å². The first-order valence-corrected chi connectivity index (χ1v) is 12.4. The Kier molecular flexibility index (Phi) is 8.44. The molecule has 3 heterocycles. The van der Waals surface area contributed by atoms with Gasteiger partial charge in [-0.25, -0.2) is 9.78 Å². The second kappa shape index (κ2) is 11.7. The summed E-state index contributed by atoms with van der Waals surface area (Å²) in [7, 11) is -1.58. The third-order valence-electron chi connectivity index (χ3n) is 4.64. The van der Waals surface area contributed by atoms with E-state index in [1.54, 1.807) is 4.57 Å². The molecular weight excluding hydrogens is 549 g/mol. The quantitative estimate of drug-likeness (QED) is 0.168. The largest absolute Gasteiger partial charge is 0.519 e. The van der Waals surface area contributed by atoms with E-state index in [4.69, 9.17) is 28.4 Å². The van der Waals surface area contributed by atoms with Gasteiger partial charge in [-0.15, -0.1) is 0 Å². The number of H-pyrrole nitrogens is 1. The van der Waals surface area contributed by atoms with Crippen molar-refractivity contribution in [2.24, 2.45) is 0 Å². The summed E-state index contributed by atoms with van der Waals surface area (Å²) in [5.74, 6) is -0.860. The number of aromatic nitrogens is 4. The van der Waals surface area contributed by atoms with Gasteiger partial charge in [0.05, 0.1) is 19.5 Å². The molecule has 1 aromatic carbocycles. The van der Waals surface area contributed by atoms with Gasteiger partial charge in [0, 0.05) is 11.0 Å². The zero-order valence-corrected chi connectivity index (χ0v) is 20.7. The fourth-order valence-corrected chi connectivity index (χ4v) is 4.52. The highest BCUT2D eigenvalue weighted by atomic mass is 79.9. The molecule has 0 aliphatic rings. The van der Waals surface area contributed by atoms with Crippen molar-refractivity contribution in [1.82, 2.24) is 19.5 Å². The van der Waals surface area contributed by atoms with Crippen molar-refractivity contribution >= 4 is 41.4 Å². The number of aliphatic hydroxyl groups is 1.